The van der Waals surface area contributed by atoms with Crippen molar-refractivity contribution in [3.63, 3.8) is 0 Å². The second kappa shape index (κ2) is 12.6. The highest BCUT2D eigenvalue weighted by atomic mass is 19.4. The maximum atomic E-state index is 13.6. The first kappa shape index (κ1) is 29.4. The van der Waals surface area contributed by atoms with E-state index in [2.05, 4.69) is 5.32 Å². The summed E-state index contributed by atoms with van der Waals surface area (Å²) in [5.74, 6) is -3.33. The van der Waals surface area contributed by atoms with Gasteiger partial charge in [-0.15, -0.1) is 0 Å². The lowest BCUT2D eigenvalue weighted by Gasteiger charge is -2.31. The smallest absolute Gasteiger partial charge is 0.416 e. The molecule has 0 saturated heterocycles. The molecule has 0 fully saturated rings. The van der Waals surface area contributed by atoms with E-state index in [0.717, 1.165) is 12.1 Å². The molecule has 0 radical (unpaired) electrons. The number of ether oxygens (including phenoxy) is 3. The number of alkyl halides is 3. The van der Waals surface area contributed by atoms with Crippen LogP contribution in [0, 0.1) is 0 Å². The molecule has 11 heteroatoms. The second-order valence-electron chi connectivity index (χ2n) is 8.54. The highest BCUT2D eigenvalue weighted by molar-refractivity contribution is 6.00. The van der Waals surface area contributed by atoms with E-state index >= 15 is 0 Å². The summed E-state index contributed by atoms with van der Waals surface area (Å²) in [6.07, 6.45) is -1.47. The molecule has 39 heavy (non-hydrogen) atoms. The van der Waals surface area contributed by atoms with E-state index in [4.69, 9.17) is 14.2 Å². The van der Waals surface area contributed by atoms with E-state index in [1.54, 1.807) is 50.6 Å². The number of carbonyl (C=O) groups excluding carboxylic acids is 3. The molecule has 1 atom stereocenters. The van der Waals surface area contributed by atoms with Crippen LogP contribution < -0.4 is 9.88 Å². The molecule has 1 aromatic carbocycles. The van der Waals surface area contributed by atoms with E-state index in [1.165, 1.54) is 18.3 Å². The summed E-state index contributed by atoms with van der Waals surface area (Å²) in [6, 6.07) is 7.65. The Morgan fingerprint density at radius 1 is 0.897 bits per heavy atom. The molecule has 1 aliphatic heterocycles. The standard InChI is InChI=1S/C28H29F3N2O6/c1-5-37-25(34)19-11-9-13-33(15-19)16-21-24(27(36)39-7-3)23(22(17(4)32-21)26(35)38-6-2)18-10-8-12-20(14-18)28(29,30)31/h8-15,23H,5-7,16H2,1-4H3/p+1. The van der Waals surface area contributed by atoms with Gasteiger partial charge >= 0.3 is 24.1 Å². The van der Waals surface area contributed by atoms with Crippen molar-refractivity contribution in [1.29, 1.82) is 0 Å². The number of rotatable bonds is 9. The number of carbonyl (C=O) groups is 3. The zero-order valence-electron chi connectivity index (χ0n) is 22.1. The van der Waals surface area contributed by atoms with Gasteiger partial charge < -0.3 is 19.5 Å². The Bertz CT molecular complexity index is 1320. The molecule has 3 rings (SSSR count). The van der Waals surface area contributed by atoms with Gasteiger partial charge in [-0.25, -0.2) is 14.4 Å². The van der Waals surface area contributed by atoms with Gasteiger partial charge in [-0.2, -0.15) is 17.7 Å². The molecule has 1 aliphatic rings. The van der Waals surface area contributed by atoms with E-state index in [1.807, 2.05) is 0 Å². The van der Waals surface area contributed by atoms with Crippen LogP contribution >= 0.6 is 0 Å². The van der Waals surface area contributed by atoms with Crippen LogP contribution in [0.3, 0.4) is 0 Å². The number of esters is 3. The summed E-state index contributed by atoms with van der Waals surface area (Å²) in [4.78, 5) is 38.7. The molecule has 0 saturated carbocycles. The van der Waals surface area contributed by atoms with Gasteiger partial charge in [0.1, 0.15) is 5.56 Å². The number of pyridine rings is 1. The first-order valence-electron chi connectivity index (χ1n) is 12.4. The van der Waals surface area contributed by atoms with Crippen molar-refractivity contribution in [3.8, 4) is 0 Å². The molecule has 2 aromatic rings. The zero-order valence-corrected chi connectivity index (χ0v) is 22.1. The van der Waals surface area contributed by atoms with Gasteiger partial charge in [-0.3, -0.25) is 0 Å². The van der Waals surface area contributed by atoms with E-state index in [0.29, 0.717) is 5.70 Å². The monoisotopic (exact) mass is 547 g/mol. The van der Waals surface area contributed by atoms with Crippen molar-refractivity contribution >= 4 is 17.9 Å². The van der Waals surface area contributed by atoms with Gasteiger partial charge in [0.25, 0.3) is 0 Å². The normalized spacial score (nSPS) is 15.5. The van der Waals surface area contributed by atoms with Crippen LogP contribution in [0.5, 0.6) is 0 Å². The maximum absolute atomic E-state index is 13.6. The minimum Gasteiger partial charge on any atom is -0.463 e. The fourth-order valence-corrected chi connectivity index (χ4v) is 4.32. The molecule has 0 bridgehead atoms. The Labute approximate surface area is 224 Å². The minimum atomic E-state index is -4.65. The summed E-state index contributed by atoms with van der Waals surface area (Å²) in [6.45, 7) is 6.66. The quantitative estimate of drug-likeness (QED) is 0.286. The van der Waals surface area contributed by atoms with Gasteiger partial charge in [-0.1, -0.05) is 18.2 Å². The zero-order chi connectivity index (χ0) is 28.7. The third-order valence-electron chi connectivity index (χ3n) is 5.89. The van der Waals surface area contributed by atoms with Crippen molar-refractivity contribution < 1.29 is 46.3 Å². The molecule has 0 aliphatic carbocycles. The van der Waals surface area contributed by atoms with Crippen LogP contribution in [0.1, 0.15) is 55.1 Å². The Morgan fingerprint density at radius 2 is 1.51 bits per heavy atom. The molecule has 1 aromatic heterocycles. The van der Waals surface area contributed by atoms with Crippen molar-refractivity contribution in [1.82, 2.24) is 5.32 Å². The van der Waals surface area contributed by atoms with E-state index in [-0.39, 0.29) is 54.3 Å². The van der Waals surface area contributed by atoms with Crippen molar-refractivity contribution in [2.24, 2.45) is 0 Å². The minimum absolute atomic E-state index is 0.00427. The van der Waals surface area contributed by atoms with Crippen molar-refractivity contribution in [3.05, 3.63) is 88.0 Å². The van der Waals surface area contributed by atoms with Crippen LogP contribution in [-0.2, 0) is 36.5 Å². The predicted molar refractivity (Wildman–Crippen MR) is 133 cm³/mol. The highest BCUT2D eigenvalue weighted by Crippen LogP contribution is 2.41. The van der Waals surface area contributed by atoms with E-state index in [9.17, 15) is 27.6 Å². The van der Waals surface area contributed by atoms with E-state index < -0.39 is 35.6 Å². The average Bonchev–Trinajstić information content (AvgIpc) is 2.88. The van der Waals surface area contributed by atoms with Gasteiger partial charge in [0, 0.05) is 11.8 Å². The average molecular weight is 548 g/mol. The number of dihydropyridines is 1. The molecule has 0 spiro atoms. The third-order valence-corrected chi connectivity index (χ3v) is 5.89. The molecule has 1 N–H and O–H groups in total. The first-order valence-corrected chi connectivity index (χ1v) is 12.4. The summed E-state index contributed by atoms with van der Waals surface area (Å²) in [7, 11) is 0. The largest absolute Gasteiger partial charge is 0.463 e. The molecule has 2 heterocycles. The van der Waals surface area contributed by atoms with Gasteiger partial charge in [0.05, 0.1) is 48.1 Å². The number of halogens is 3. The van der Waals surface area contributed by atoms with Crippen LogP contribution in [0.25, 0.3) is 0 Å². The van der Waals surface area contributed by atoms with Crippen molar-refractivity contribution in [2.75, 3.05) is 19.8 Å². The number of allylic oxidation sites excluding steroid dienone is 2. The van der Waals surface area contributed by atoms with Crippen LogP contribution in [0.4, 0.5) is 13.2 Å². The number of benzene rings is 1. The Morgan fingerprint density at radius 3 is 2.13 bits per heavy atom. The first-order chi connectivity index (χ1) is 18.5. The van der Waals surface area contributed by atoms with Crippen LogP contribution in [0.15, 0.2) is 71.3 Å². The summed E-state index contributed by atoms with van der Waals surface area (Å²) < 4.78 is 58.1. The topological polar surface area (TPSA) is 94.8 Å². The van der Waals surface area contributed by atoms with Crippen molar-refractivity contribution in [2.45, 2.75) is 46.3 Å². The van der Waals surface area contributed by atoms with Gasteiger partial charge in [0.2, 0.25) is 0 Å². The van der Waals surface area contributed by atoms with Gasteiger partial charge in [0.15, 0.2) is 18.9 Å². The highest BCUT2D eigenvalue weighted by Gasteiger charge is 2.41. The molecule has 1 unspecified atom stereocenters. The molecular formula is C28H30F3N2O6+. The number of aromatic nitrogens is 1. The Kier molecular flexibility index (Phi) is 9.50. The summed E-state index contributed by atoms with van der Waals surface area (Å²) in [5, 5.41) is 3.06. The number of hydrogen-bond donors (Lipinski definition) is 1. The lowest BCUT2D eigenvalue weighted by molar-refractivity contribution is -0.689. The summed E-state index contributed by atoms with van der Waals surface area (Å²) >= 11 is 0. The Balaban J connectivity index is 2.23. The Hall–Kier alpha value is -4.15. The molecule has 0 amide bonds. The molecule has 8 nitrogen and oxygen atoms in total. The lowest BCUT2D eigenvalue weighted by Crippen LogP contribution is -2.42. The number of hydrogen-bond acceptors (Lipinski definition) is 7. The summed E-state index contributed by atoms with van der Waals surface area (Å²) in [5.41, 5.74) is -0.0526. The number of nitrogens with zero attached hydrogens (tertiary/aromatic N) is 1. The molecule has 208 valence electrons. The fourth-order valence-electron chi connectivity index (χ4n) is 4.32. The SMILES string of the molecule is CCOC(=O)C1=C(C)NC(C[n+]2cccc(C(=O)OCC)c2)=C(C(=O)OCC)C1c1cccc(C(F)(F)F)c1. The lowest BCUT2D eigenvalue weighted by atomic mass is 9.79. The maximum Gasteiger partial charge on any atom is 0.416 e. The third kappa shape index (κ3) is 6.84. The fraction of sp³-hybridized carbons (Fsp3) is 0.357. The van der Waals surface area contributed by atoms with Crippen LogP contribution in [0.2, 0.25) is 0 Å². The molecular weight excluding hydrogens is 517 g/mol. The number of nitrogens with one attached hydrogen (secondary N) is 1. The van der Waals surface area contributed by atoms with Crippen LogP contribution in [-0.4, -0.2) is 37.7 Å². The van der Waals surface area contributed by atoms with Gasteiger partial charge in [-0.05, 0) is 45.4 Å². The predicted octanol–water partition coefficient (Wildman–Crippen LogP) is 4.21. The second-order valence-corrected chi connectivity index (χ2v) is 8.54.